The van der Waals surface area contributed by atoms with Crippen molar-refractivity contribution >= 4 is 82.1 Å². The Labute approximate surface area is 448 Å². The Morgan fingerprint density at radius 1 is 0.308 bits per heavy atom. The Kier molecular flexibility index (Phi) is 9.09. The van der Waals surface area contributed by atoms with Crippen LogP contribution in [-0.4, -0.2) is 28.5 Å². The largest absolute Gasteiger partial charge is 0.309 e. The van der Waals surface area contributed by atoms with Crippen LogP contribution in [0.2, 0.25) is 0 Å². The summed E-state index contributed by atoms with van der Waals surface area (Å²) in [5.41, 5.74) is 23.1. The number of nitrogens with zero attached hydrogens (tertiary/aromatic N) is 6. The Morgan fingerprint density at radius 3 is 1.45 bits per heavy atom. The zero-order valence-electron chi connectivity index (χ0n) is 42.1. The summed E-state index contributed by atoms with van der Waals surface area (Å²) in [4.78, 5) is 16.4. The van der Waals surface area contributed by atoms with Crippen molar-refractivity contribution < 1.29 is 0 Å². The zero-order valence-corrected chi connectivity index (χ0v) is 42.1. The minimum atomic E-state index is 0.655. The molecule has 0 atom stereocenters. The fourth-order valence-electron chi connectivity index (χ4n) is 13.0. The summed E-state index contributed by atoms with van der Waals surface area (Å²) in [6, 6.07) is 92.5. The van der Waals surface area contributed by atoms with Gasteiger partial charge in [-0.05, 0) is 135 Å². The van der Waals surface area contributed by atoms with Crippen molar-refractivity contribution in [1.29, 1.82) is 0 Å². The molecule has 0 saturated carbocycles. The van der Waals surface area contributed by atoms with Gasteiger partial charge in [-0.25, -0.2) is 15.0 Å². The van der Waals surface area contributed by atoms with E-state index in [0.717, 1.165) is 89.6 Å². The van der Waals surface area contributed by atoms with E-state index in [1.165, 1.54) is 66.0 Å². The Hall–Kier alpha value is -10.4. The second-order valence-electron chi connectivity index (χ2n) is 20.7. The van der Waals surface area contributed by atoms with Gasteiger partial charge in [-0.2, -0.15) is 0 Å². The molecular weight excluding hydrogens is 949 g/mol. The first-order valence-corrected chi connectivity index (χ1v) is 26.7. The molecular formula is C72H44N6. The predicted molar refractivity (Wildman–Crippen MR) is 322 cm³/mol. The quantitative estimate of drug-likeness (QED) is 0.156. The van der Waals surface area contributed by atoms with Gasteiger partial charge >= 0.3 is 0 Å². The van der Waals surface area contributed by atoms with Gasteiger partial charge in [0.1, 0.15) is 16.9 Å². The van der Waals surface area contributed by atoms with E-state index in [2.05, 4.69) is 250 Å². The molecule has 0 spiro atoms. The Morgan fingerprint density at radius 2 is 0.795 bits per heavy atom. The summed E-state index contributed by atoms with van der Waals surface area (Å²) in [7, 11) is 0. The molecule has 362 valence electrons. The summed E-state index contributed by atoms with van der Waals surface area (Å²) in [6.45, 7) is 0. The molecule has 78 heavy (non-hydrogen) atoms. The van der Waals surface area contributed by atoms with Crippen molar-refractivity contribution in [3.8, 4) is 67.4 Å². The van der Waals surface area contributed by atoms with Crippen LogP contribution in [0.15, 0.2) is 255 Å². The van der Waals surface area contributed by atoms with Crippen LogP contribution < -0.4 is 0 Å². The first-order valence-electron chi connectivity index (χ1n) is 26.7. The summed E-state index contributed by atoms with van der Waals surface area (Å²) in [6.07, 6.45) is 0.890. The van der Waals surface area contributed by atoms with Crippen LogP contribution in [0.5, 0.6) is 0 Å². The van der Waals surface area contributed by atoms with E-state index in [0.29, 0.717) is 11.5 Å². The molecule has 0 amide bonds. The van der Waals surface area contributed by atoms with Gasteiger partial charge in [0.15, 0.2) is 11.5 Å². The third-order valence-corrected chi connectivity index (χ3v) is 16.4. The smallest absolute Gasteiger partial charge is 0.183 e. The lowest BCUT2D eigenvalue weighted by atomic mass is 9.96. The van der Waals surface area contributed by atoms with Gasteiger partial charge in [0.25, 0.3) is 0 Å². The van der Waals surface area contributed by atoms with Crippen LogP contribution in [0.3, 0.4) is 0 Å². The topological polar surface area (TPSA) is 52.9 Å². The highest BCUT2D eigenvalue weighted by Crippen LogP contribution is 2.46. The molecule has 0 aliphatic heterocycles. The molecule has 0 N–H and O–H groups in total. The molecule has 0 saturated heterocycles. The maximum Gasteiger partial charge on any atom is 0.183 e. The first-order chi connectivity index (χ1) is 38.7. The van der Waals surface area contributed by atoms with E-state index in [1.54, 1.807) is 0 Å². The molecule has 5 heterocycles. The number of rotatable bonds is 6. The van der Waals surface area contributed by atoms with Gasteiger partial charge in [-0.3, -0.25) is 4.40 Å². The van der Waals surface area contributed by atoms with Crippen LogP contribution in [0.4, 0.5) is 0 Å². The predicted octanol–water partition coefficient (Wildman–Crippen LogP) is 18.0. The van der Waals surface area contributed by atoms with Crippen LogP contribution in [-0.2, 0) is 6.42 Å². The second kappa shape index (κ2) is 16.5. The fourth-order valence-corrected chi connectivity index (χ4v) is 13.0. The summed E-state index contributed by atoms with van der Waals surface area (Å²) < 4.78 is 7.12. The van der Waals surface area contributed by atoms with Gasteiger partial charge in [0.05, 0.1) is 27.6 Å². The Bertz CT molecular complexity index is 5160. The molecule has 5 aromatic heterocycles. The molecule has 1 aliphatic carbocycles. The molecule has 6 heteroatoms. The van der Waals surface area contributed by atoms with E-state index in [-0.39, 0.29) is 0 Å². The highest BCUT2D eigenvalue weighted by atomic mass is 15.1. The lowest BCUT2D eigenvalue weighted by Crippen LogP contribution is -1.99. The standard InChI is InChI=1S/C72H44N6/c1-4-17-44(18-5-1)70-73-68(57-28-16-20-50-39-49-19-10-11-25-53(49)67(50)57)69-71(74-70)75-72-61-43-45(31-35-54(61)55-26-12-15-30-63(55)78(69)72)47-33-37-65-59(41-47)60-42-48(34-38-66(60)77(65)52-23-8-3-9-24-52)46-32-36-64-58(40-46)56-27-13-14-29-62(56)76(64)51-21-6-2-7-22-51/h1-38,40-43H,39H2. The number of hydrogen-bond acceptors (Lipinski definition) is 3. The van der Waals surface area contributed by atoms with E-state index in [9.17, 15) is 0 Å². The van der Waals surface area contributed by atoms with Crippen LogP contribution in [0.1, 0.15) is 11.1 Å². The molecule has 0 unspecified atom stereocenters. The number of hydrogen-bond donors (Lipinski definition) is 0. The number of aromatic nitrogens is 6. The first kappa shape index (κ1) is 42.9. The van der Waals surface area contributed by atoms with Crippen molar-refractivity contribution in [1.82, 2.24) is 28.5 Å². The molecule has 11 aromatic carbocycles. The number of imidazole rings is 1. The van der Waals surface area contributed by atoms with Crippen molar-refractivity contribution in [2.75, 3.05) is 0 Å². The molecule has 1 aliphatic rings. The van der Waals surface area contributed by atoms with Crippen LogP contribution in [0.25, 0.3) is 149 Å². The lowest BCUT2D eigenvalue weighted by molar-refractivity contribution is 1.18. The molecule has 0 bridgehead atoms. The van der Waals surface area contributed by atoms with Gasteiger partial charge in [0, 0.05) is 54.8 Å². The summed E-state index contributed by atoms with van der Waals surface area (Å²) >= 11 is 0. The highest BCUT2D eigenvalue weighted by molar-refractivity contribution is 6.17. The van der Waals surface area contributed by atoms with Gasteiger partial charge in [0.2, 0.25) is 0 Å². The summed E-state index contributed by atoms with van der Waals surface area (Å²) in [5, 5.41) is 8.20. The number of fused-ring (bicyclic) bond motifs is 17. The van der Waals surface area contributed by atoms with Gasteiger partial charge in [-0.15, -0.1) is 0 Å². The van der Waals surface area contributed by atoms with Crippen LogP contribution >= 0.6 is 0 Å². The van der Waals surface area contributed by atoms with Crippen molar-refractivity contribution in [3.05, 3.63) is 266 Å². The SMILES string of the molecule is c1ccc(-c2nc(-c3cccc4c3-c3ccccc3C4)c3c(n2)nc2c4cc(-c5ccc6c(c5)c5cc(-c7ccc8c(c7)c7ccccc7n8-c7ccccc7)ccc5n6-c5ccccc5)ccc4c4ccccc4n23)cc1. The number of pyridine rings is 1. The average molecular weight is 993 g/mol. The maximum absolute atomic E-state index is 5.56. The van der Waals surface area contributed by atoms with Gasteiger partial charge in [-0.1, -0.05) is 176 Å². The number of benzene rings is 11. The second-order valence-corrected chi connectivity index (χ2v) is 20.7. The molecule has 16 aromatic rings. The lowest BCUT2D eigenvalue weighted by Gasteiger charge is -2.14. The minimum absolute atomic E-state index is 0.655. The molecule has 0 radical (unpaired) electrons. The van der Waals surface area contributed by atoms with Gasteiger partial charge < -0.3 is 9.13 Å². The zero-order chi connectivity index (χ0) is 51.0. The van der Waals surface area contributed by atoms with E-state index in [4.69, 9.17) is 15.0 Å². The number of para-hydroxylation sites is 4. The highest BCUT2D eigenvalue weighted by Gasteiger charge is 2.27. The van der Waals surface area contributed by atoms with E-state index >= 15 is 0 Å². The Balaban J connectivity index is 0.880. The third kappa shape index (κ3) is 6.28. The normalized spacial score (nSPS) is 12.3. The monoisotopic (exact) mass is 992 g/mol. The fraction of sp³-hybridized carbons (Fsp3) is 0.0139. The van der Waals surface area contributed by atoms with Crippen molar-refractivity contribution in [2.24, 2.45) is 0 Å². The maximum atomic E-state index is 5.56. The molecule has 0 fully saturated rings. The molecule has 17 rings (SSSR count). The summed E-state index contributed by atoms with van der Waals surface area (Å²) in [5.74, 6) is 0.655. The van der Waals surface area contributed by atoms with E-state index in [1.807, 2.05) is 18.2 Å². The molecule has 6 nitrogen and oxygen atoms in total. The van der Waals surface area contributed by atoms with Crippen molar-refractivity contribution in [3.63, 3.8) is 0 Å². The van der Waals surface area contributed by atoms with Crippen molar-refractivity contribution in [2.45, 2.75) is 6.42 Å². The van der Waals surface area contributed by atoms with Crippen LogP contribution in [0, 0.1) is 0 Å². The average Bonchev–Trinajstić information content (AvgIpc) is 4.46. The minimum Gasteiger partial charge on any atom is -0.309 e. The third-order valence-electron chi connectivity index (χ3n) is 16.4. The van der Waals surface area contributed by atoms with E-state index < -0.39 is 0 Å².